The first kappa shape index (κ1) is 12.9. The van der Waals surface area contributed by atoms with E-state index >= 15 is 0 Å². The maximum absolute atomic E-state index is 10.2. The predicted molar refractivity (Wildman–Crippen MR) is 73.5 cm³/mol. The van der Waals surface area contributed by atoms with Crippen LogP contribution in [0, 0.1) is 6.92 Å². The van der Waals surface area contributed by atoms with Gasteiger partial charge in [0.05, 0.1) is 6.10 Å². The molecule has 1 heterocycles. The number of anilines is 1. The zero-order chi connectivity index (χ0) is 13.1. The fourth-order valence-corrected chi connectivity index (χ4v) is 1.94. The molecule has 94 valence electrons. The minimum atomic E-state index is -0.630. The van der Waals surface area contributed by atoms with Crippen LogP contribution in [0.1, 0.15) is 22.8 Å². The zero-order valence-corrected chi connectivity index (χ0v) is 10.9. The Morgan fingerprint density at radius 3 is 2.83 bits per heavy atom. The smallest absolute Gasteiger partial charge is 0.0832 e. The summed E-state index contributed by atoms with van der Waals surface area (Å²) in [5.74, 6) is 0. The van der Waals surface area contributed by atoms with Crippen LogP contribution in [0.5, 0.6) is 0 Å². The molecule has 0 radical (unpaired) electrons. The topological polar surface area (TPSA) is 59.1 Å². The van der Waals surface area contributed by atoms with Gasteiger partial charge in [-0.05, 0) is 35.7 Å². The fourth-order valence-electron chi connectivity index (χ4n) is 1.75. The summed E-state index contributed by atoms with van der Waals surface area (Å²) in [6.07, 6.45) is 3.11. The normalized spacial score (nSPS) is 12.4. The number of pyridine rings is 1. The Balaban J connectivity index is 2.19. The number of hydrogen-bond donors (Lipinski definition) is 2. The highest BCUT2D eigenvalue weighted by molar-refractivity contribution is 6.31. The van der Waals surface area contributed by atoms with Crippen LogP contribution in [-0.2, 0) is 6.42 Å². The second-order valence-corrected chi connectivity index (χ2v) is 4.71. The van der Waals surface area contributed by atoms with Gasteiger partial charge in [-0.1, -0.05) is 23.7 Å². The number of nitrogen functional groups attached to an aromatic ring is 1. The quantitative estimate of drug-likeness (QED) is 0.894. The molecular formula is C14H15ClN2O. The van der Waals surface area contributed by atoms with Crippen molar-refractivity contribution in [2.24, 2.45) is 0 Å². The number of aromatic nitrogens is 1. The van der Waals surface area contributed by atoms with Gasteiger partial charge in [0.15, 0.2) is 0 Å². The molecule has 0 fully saturated rings. The average Bonchev–Trinajstić information content (AvgIpc) is 2.35. The van der Waals surface area contributed by atoms with Crippen molar-refractivity contribution < 1.29 is 5.11 Å². The first-order chi connectivity index (χ1) is 8.58. The minimum Gasteiger partial charge on any atom is -0.398 e. The lowest BCUT2D eigenvalue weighted by Gasteiger charge is -2.13. The molecule has 2 aromatic rings. The van der Waals surface area contributed by atoms with Crippen molar-refractivity contribution in [3.63, 3.8) is 0 Å². The van der Waals surface area contributed by atoms with Crippen molar-refractivity contribution in [3.8, 4) is 0 Å². The average molecular weight is 263 g/mol. The number of rotatable bonds is 3. The fraction of sp³-hybridized carbons (Fsp3) is 0.214. The van der Waals surface area contributed by atoms with Gasteiger partial charge in [0.2, 0.25) is 0 Å². The molecule has 0 aliphatic carbocycles. The van der Waals surface area contributed by atoms with Gasteiger partial charge in [-0.2, -0.15) is 0 Å². The Hall–Kier alpha value is -1.58. The van der Waals surface area contributed by atoms with Crippen LogP contribution in [0.15, 0.2) is 36.7 Å². The van der Waals surface area contributed by atoms with Gasteiger partial charge in [0.25, 0.3) is 0 Å². The van der Waals surface area contributed by atoms with E-state index in [1.54, 1.807) is 24.5 Å². The molecule has 3 nitrogen and oxygen atoms in total. The molecule has 1 atom stereocenters. The Labute approximate surface area is 111 Å². The standard InChI is InChI=1S/C14H15ClN2O/c1-9-2-3-10(6-12(9)15)14(18)7-11-8-17-5-4-13(11)16/h2-6,8,14,18H,7H2,1H3,(H2,16,17). The summed E-state index contributed by atoms with van der Waals surface area (Å²) in [4.78, 5) is 4.01. The molecule has 0 aliphatic rings. The summed E-state index contributed by atoms with van der Waals surface area (Å²) in [7, 11) is 0. The van der Waals surface area contributed by atoms with Crippen LogP contribution in [0.25, 0.3) is 0 Å². The zero-order valence-electron chi connectivity index (χ0n) is 10.1. The first-order valence-corrected chi connectivity index (χ1v) is 6.08. The maximum atomic E-state index is 10.2. The van der Waals surface area contributed by atoms with Crippen LogP contribution >= 0.6 is 11.6 Å². The van der Waals surface area contributed by atoms with Crippen molar-refractivity contribution in [1.82, 2.24) is 4.98 Å². The number of benzene rings is 1. The number of aryl methyl sites for hydroxylation is 1. The van der Waals surface area contributed by atoms with Gasteiger partial charge in [-0.15, -0.1) is 0 Å². The molecule has 3 N–H and O–H groups in total. The molecule has 4 heteroatoms. The van der Waals surface area contributed by atoms with Crippen LogP contribution in [-0.4, -0.2) is 10.1 Å². The third-order valence-corrected chi connectivity index (χ3v) is 3.34. The lowest BCUT2D eigenvalue weighted by atomic mass is 10.0. The van der Waals surface area contributed by atoms with E-state index in [1.807, 2.05) is 19.1 Å². The van der Waals surface area contributed by atoms with Crippen LogP contribution in [0.4, 0.5) is 5.69 Å². The molecule has 0 amide bonds. The molecule has 1 unspecified atom stereocenters. The van der Waals surface area contributed by atoms with Gasteiger partial charge in [-0.25, -0.2) is 0 Å². The highest BCUT2D eigenvalue weighted by Crippen LogP contribution is 2.25. The van der Waals surface area contributed by atoms with Crippen LogP contribution in [0.2, 0.25) is 5.02 Å². The summed E-state index contributed by atoms with van der Waals surface area (Å²) in [6, 6.07) is 7.28. The lowest BCUT2D eigenvalue weighted by Crippen LogP contribution is -2.05. The third kappa shape index (κ3) is 2.81. The Bertz CT molecular complexity index is 557. The van der Waals surface area contributed by atoms with E-state index in [1.165, 1.54) is 0 Å². The third-order valence-electron chi connectivity index (χ3n) is 2.94. The number of hydrogen-bond acceptors (Lipinski definition) is 3. The van der Waals surface area contributed by atoms with Crippen molar-refractivity contribution in [3.05, 3.63) is 58.4 Å². The van der Waals surface area contributed by atoms with Crippen LogP contribution < -0.4 is 5.73 Å². The highest BCUT2D eigenvalue weighted by Gasteiger charge is 2.11. The van der Waals surface area contributed by atoms with E-state index in [0.717, 1.165) is 16.7 Å². The monoisotopic (exact) mass is 262 g/mol. The number of aliphatic hydroxyl groups is 1. The summed E-state index contributed by atoms with van der Waals surface area (Å²) < 4.78 is 0. The van der Waals surface area contributed by atoms with Gasteiger partial charge in [-0.3, -0.25) is 4.98 Å². The lowest BCUT2D eigenvalue weighted by molar-refractivity contribution is 0.178. The van der Waals surface area contributed by atoms with E-state index in [2.05, 4.69) is 4.98 Å². The summed E-state index contributed by atoms with van der Waals surface area (Å²) in [5, 5.41) is 10.8. The molecule has 0 saturated carbocycles. The summed E-state index contributed by atoms with van der Waals surface area (Å²) in [6.45, 7) is 1.93. The Morgan fingerprint density at radius 2 is 2.17 bits per heavy atom. The number of halogens is 1. The minimum absolute atomic E-state index is 0.430. The van der Waals surface area contributed by atoms with Gasteiger partial charge in [0.1, 0.15) is 0 Å². The van der Waals surface area contributed by atoms with E-state index in [9.17, 15) is 5.11 Å². The molecule has 0 aliphatic heterocycles. The number of nitrogens with two attached hydrogens (primary N) is 1. The largest absolute Gasteiger partial charge is 0.398 e. The molecule has 0 bridgehead atoms. The second-order valence-electron chi connectivity index (χ2n) is 4.30. The highest BCUT2D eigenvalue weighted by atomic mass is 35.5. The van der Waals surface area contributed by atoms with E-state index in [0.29, 0.717) is 17.1 Å². The Kier molecular flexibility index (Phi) is 3.84. The van der Waals surface area contributed by atoms with Gasteiger partial charge >= 0.3 is 0 Å². The number of nitrogens with zero attached hydrogens (tertiary/aromatic N) is 1. The van der Waals surface area contributed by atoms with Crippen molar-refractivity contribution in [1.29, 1.82) is 0 Å². The van der Waals surface area contributed by atoms with E-state index < -0.39 is 6.10 Å². The molecule has 1 aromatic carbocycles. The number of aliphatic hydroxyl groups excluding tert-OH is 1. The molecular weight excluding hydrogens is 248 g/mol. The molecule has 0 saturated heterocycles. The van der Waals surface area contributed by atoms with Crippen molar-refractivity contribution >= 4 is 17.3 Å². The SMILES string of the molecule is Cc1ccc(C(O)Cc2cnccc2N)cc1Cl. The summed E-state index contributed by atoms with van der Waals surface area (Å²) in [5.41, 5.74) is 9.08. The first-order valence-electron chi connectivity index (χ1n) is 5.70. The van der Waals surface area contributed by atoms with E-state index in [4.69, 9.17) is 17.3 Å². The summed E-state index contributed by atoms with van der Waals surface area (Å²) >= 11 is 6.04. The van der Waals surface area contributed by atoms with E-state index in [-0.39, 0.29) is 0 Å². The predicted octanol–water partition coefficient (Wildman–Crippen LogP) is 2.90. The second kappa shape index (κ2) is 5.38. The van der Waals surface area contributed by atoms with Crippen LogP contribution in [0.3, 0.4) is 0 Å². The Morgan fingerprint density at radius 1 is 1.39 bits per heavy atom. The van der Waals surface area contributed by atoms with Crippen molar-refractivity contribution in [2.45, 2.75) is 19.4 Å². The molecule has 1 aromatic heterocycles. The maximum Gasteiger partial charge on any atom is 0.0832 e. The van der Waals surface area contributed by atoms with Gasteiger partial charge < -0.3 is 10.8 Å². The molecule has 2 rings (SSSR count). The molecule has 18 heavy (non-hydrogen) atoms. The van der Waals surface area contributed by atoms with Crippen molar-refractivity contribution in [2.75, 3.05) is 5.73 Å². The van der Waals surface area contributed by atoms with Gasteiger partial charge in [0, 0.05) is 29.5 Å². The molecule has 0 spiro atoms.